The molecule has 4 nitrogen and oxygen atoms in total. The number of nitrogens with one attached hydrogen (secondary N) is 2. The molecule has 2 rings (SSSR count). The minimum absolute atomic E-state index is 0.854. The van der Waals surface area contributed by atoms with Gasteiger partial charge in [-0.05, 0) is 44.4 Å². The van der Waals surface area contributed by atoms with Gasteiger partial charge >= 0.3 is 0 Å². The number of aryl methyl sites for hydroxylation is 1. The van der Waals surface area contributed by atoms with Crippen molar-refractivity contribution in [3.63, 3.8) is 0 Å². The minimum Gasteiger partial charge on any atom is -0.370 e. The summed E-state index contributed by atoms with van der Waals surface area (Å²) in [6, 6.07) is 6.25. The molecule has 0 atom stereocenters. The van der Waals surface area contributed by atoms with Crippen LogP contribution < -0.4 is 10.6 Å². The van der Waals surface area contributed by atoms with E-state index in [9.17, 15) is 0 Å². The summed E-state index contributed by atoms with van der Waals surface area (Å²) >= 11 is 0. The third-order valence-corrected chi connectivity index (χ3v) is 3.50. The van der Waals surface area contributed by atoms with Crippen molar-refractivity contribution < 1.29 is 0 Å². The molecule has 0 aliphatic rings. The van der Waals surface area contributed by atoms with Crippen LogP contribution in [0.4, 0.5) is 17.3 Å². The zero-order valence-corrected chi connectivity index (χ0v) is 12.6. The Morgan fingerprint density at radius 1 is 1.05 bits per heavy atom. The van der Waals surface area contributed by atoms with E-state index in [1.54, 1.807) is 6.33 Å². The predicted molar refractivity (Wildman–Crippen MR) is 84.8 cm³/mol. The van der Waals surface area contributed by atoms with E-state index < -0.39 is 0 Å². The van der Waals surface area contributed by atoms with Gasteiger partial charge in [-0.1, -0.05) is 19.1 Å². The standard InChI is InChI=1S/C16H22N4/c1-5-13-15(17-6-2)18-10-19-16(13)20-14-9-7-8-11(3)12(14)4/h7-10H,5-6H2,1-4H3,(H2,17,18,19,20). The van der Waals surface area contributed by atoms with Crippen LogP contribution in [-0.2, 0) is 6.42 Å². The Morgan fingerprint density at radius 3 is 2.50 bits per heavy atom. The van der Waals surface area contributed by atoms with Gasteiger partial charge in [-0.15, -0.1) is 0 Å². The van der Waals surface area contributed by atoms with E-state index in [0.29, 0.717) is 0 Å². The summed E-state index contributed by atoms with van der Waals surface area (Å²) in [7, 11) is 0. The lowest BCUT2D eigenvalue weighted by Crippen LogP contribution is -2.08. The maximum atomic E-state index is 4.40. The van der Waals surface area contributed by atoms with Gasteiger partial charge in [0.25, 0.3) is 0 Å². The van der Waals surface area contributed by atoms with Crippen molar-refractivity contribution in [2.24, 2.45) is 0 Å². The predicted octanol–water partition coefficient (Wildman–Crippen LogP) is 3.83. The maximum Gasteiger partial charge on any atom is 0.139 e. The lowest BCUT2D eigenvalue weighted by atomic mass is 10.1. The highest BCUT2D eigenvalue weighted by Gasteiger charge is 2.10. The fourth-order valence-corrected chi connectivity index (χ4v) is 2.19. The summed E-state index contributed by atoms with van der Waals surface area (Å²) in [5, 5.41) is 6.73. The Bertz CT molecular complexity index is 593. The Hall–Kier alpha value is -2.10. The van der Waals surface area contributed by atoms with Crippen LogP contribution in [0.5, 0.6) is 0 Å². The Labute approximate surface area is 120 Å². The van der Waals surface area contributed by atoms with Gasteiger partial charge in [-0.2, -0.15) is 0 Å². The summed E-state index contributed by atoms with van der Waals surface area (Å²) in [4.78, 5) is 8.72. The molecule has 2 N–H and O–H groups in total. The van der Waals surface area contributed by atoms with E-state index in [4.69, 9.17) is 0 Å². The first-order chi connectivity index (χ1) is 9.67. The molecule has 2 aromatic rings. The third-order valence-electron chi connectivity index (χ3n) is 3.50. The average Bonchev–Trinajstić information content (AvgIpc) is 2.44. The number of nitrogens with zero attached hydrogens (tertiary/aromatic N) is 2. The fraction of sp³-hybridized carbons (Fsp3) is 0.375. The number of rotatable bonds is 5. The number of aromatic nitrogens is 2. The quantitative estimate of drug-likeness (QED) is 0.867. The molecule has 0 bridgehead atoms. The van der Waals surface area contributed by atoms with Crippen molar-refractivity contribution in [2.45, 2.75) is 34.1 Å². The van der Waals surface area contributed by atoms with E-state index in [2.05, 4.69) is 66.5 Å². The van der Waals surface area contributed by atoms with Gasteiger partial charge in [0.2, 0.25) is 0 Å². The molecule has 4 heteroatoms. The monoisotopic (exact) mass is 270 g/mol. The van der Waals surface area contributed by atoms with E-state index in [1.807, 2.05) is 0 Å². The van der Waals surface area contributed by atoms with Crippen LogP contribution in [-0.4, -0.2) is 16.5 Å². The van der Waals surface area contributed by atoms with Crippen molar-refractivity contribution >= 4 is 17.3 Å². The first-order valence-corrected chi connectivity index (χ1v) is 7.08. The number of hydrogen-bond acceptors (Lipinski definition) is 4. The van der Waals surface area contributed by atoms with Crippen LogP contribution in [0.25, 0.3) is 0 Å². The topological polar surface area (TPSA) is 49.8 Å². The number of hydrogen-bond donors (Lipinski definition) is 2. The third kappa shape index (κ3) is 2.90. The molecule has 0 aliphatic heterocycles. The lowest BCUT2D eigenvalue weighted by molar-refractivity contribution is 1.03. The molecule has 1 heterocycles. The summed E-state index contributed by atoms with van der Waals surface area (Å²) in [5.41, 5.74) is 4.74. The molecule has 1 aromatic carbocycles. The molecule has 1 aromatic heterocycles. The van der Waals surface area contributed by atoms with Gasteiger partial charge in [-0.3, -0.25) is 0 Å². The maximum absolute atomic E-state index is 4.40. The zero-order chi connectivity index (χ0) is 14.5. The first kappa shape index (κ1) is 14.3. The van der Waals surface area contributed by atoms with Crippen LogP contribution in [0.3, 0.4) is 0 Å². The average molecular weight is 270 g/mol. The van der Waals surface area contributed by atoms with E-state index in [1.165, 1.54) is 11.1 Å². The second-order valence-corrected chi connectivity index (χ2v) is 4.81. The molecule has 0 saturated heterocycles. The molecule has 0 radical (unpaired) electrons. The van der Waals surface area contributed by atoms with Crippen molar-refractivity contribution in [2.75, 3.05) is 17.2 Å². The Morgan fingerprint density at radius 2 is 1.80 bits per heavy atom. The van der Waals surface area contributed by atoms with Crippen LogP contribution in [0, 0.1) is 13.8 Å². The van der Waals surface area contributed by atoms with Crippen molar-refractivity contribution in [1.29, 1.82) is 0 Å². The smallest absolute Gasteiger partial charge is 0.139 e. The van der Waals surface area contributed by atoms with E-state index >= 15 is 0 Å². The van der Waals surface area contributed by atoms with Gasteiger partial charge < -0.3 is 10.6 Å². The molecule has 20 heavy (non-hydrogen) atoms. The fourth-order valence-electron chi connectivity index (χ4n) is 2.19. The molecular weight excluding hydrogens is 248 g/mol. The lowest BCUT2D eigenvalue weighted by Gasteiger charge is -2.15. The normalized spacial score (nSPS) is 10.4. The highest BCUT2D eigenvalue weighted by Crippen LogP contribution is 2.26. The second kappa shape index (κ2) is 6.37. The van der Waals surface area contributed by atoms with Gasteiger partial charge in [-0.25, -0.2) is 9.97 Å². The Balaban J connectivity index is 2.38. The first-order valence-electron chi connectivity index (χ1n) is 7.08. The molecule has 0 unspecified atom stereocenters. The largest absolute Gasteiger partial charge is 0.370 e. The van der Waals surface area contributed by atoms with Crippen molar-refractivity contribution in [1.82, 2.24) is 9.97 Å². The molecular formula is C16H22N4. The van der Waals surface area contributed by atoms with Gasteiger partial charge in [0.05, 0.1) is 0 Å². The summed E-state index contributed by atoms with van der Waals surface area (Å²) < 4.78 is 0. The highest BCUT2D eigenvalue weighted by atomic mass is 15.1. The van der Waals surface area contributed by atoms with Gasteiger partial charge in [0.1, 0.15) is 18.0 Å². The van der Waals surface area contributed by atoms with Crippen LogP contribution in [0.1, 0.15) is 30.5 Å². The van der Waals surface area contributed by atoms with E-state index in [0.717, 1.165) is 35.9 Å². The minimum atomic E-state index is 0.854. The molecule has 106 valence electrons. The zero-order valence-electron chi connectivity index (χ0n) is 12.6. The number of anilines is 3. The summed E-state index contributed by atoms with van der Waals surface area (Å²) in [5.74, 6) is 1.80. The van der Waals surface area contributed by atoms with Crippen molar-refractivity contribution in [3.8, 4) is 0 Å². The molecule has 0 aliphatic carbocycles. The van der Waals surface area contributed by atoms with Gasteiger partial charge in [0, 0.05) is 17.8 Å². The molecule has 0 saturated carbocycles. The molecule has 0 amide bonds. The van der Waals surface area contributed by atoms with Crippen LogP contribution >= 0.6 is 0 Å². The Kier molecular flexibility index (Phi) is 4.56. The van der Waals surface area contributed by atoms with Crippen LogP contribution in [0.2, 0.25) is 0 Å². The summed E-state index contributed by atoms with van der Waals surface area (Å²) in [6.45, 7) is 9.28. The molecule has 0 fully saturated rings. The van der Waals surface area contributed by atoms with Gasteiger partial charge in [0.15, 0.2) is 0 Å². The van der Waals surface area contributed by atoms with Crippen molar-refractivity contribution in [3.05, 3.63) is 41.2 Å². The number of benzene rings is 1. The highest BCUT2D eigenvalue weighted by molar-refractivity contribution is 5.67. The summed E-state index contributed by atoms with van der Waals surface area (Å²) in [6.07, 6.45) is 2.49. The van der Waals surface area contributed by atoms with Crippen LogP contribution in [0.15, 0.2) is 24.5 Å². The van der Waals surface area contributed by atoms with E-state index in [-0.39, 0.29) is 0 Å². The second-order valence-electron chi connectivity index (χ2n) is 4.81. The SMILES string of the molecule is CCNc1ncnc(Nc2cccc(C)c2C)c1CC. The molecule has 0 spiro atoms.